The Bertz CT molecular complexity index is 956. The van der Waals surface area contributed by atoms with Gasteiger partial charge in [-0.05, 0) is 43.3 Å². The van der Waals surface area contributed by atoms with Crippen molar-refractivity contribution in [3.8, 4) is 0 Å². The first-order chi connectivity index (χ1) is 14.0. The van der Waals surface area contributed by atoms with E-state index in [4.69, 9.17) is 23.2 Å². The van der Waals surface area contributed by atoms with Crippen LogP contribution in [0.15, 0.2) is 46.8 Å². The molecule has 0 bridgehead atoms. The fourth-order valence-corrected chi connectivity index (χ4v) is 4.26. The van der Waals surface area contributed by atoms with Gasteiger partial charge in [-0.3, -0.25) is 0 Å². The van der Waals surface area contributed by atoms with Gasteiger partial charge in [-0.25, -0.2) is 9.37 Å². The number of rotatable bonds is 9. The highest BCUT2D eigenvalue weighted by Gasteiger charge is 2.14. The quantitative estimate of drug-likeness (QED) is 0.327. The smallest absolute Gasteiger partial charge is 0.192 e. The third kappa shape index (κ3) is 5.90. The zero-order valence-corrected chi connectivity index (χ0v) is 18.9. The fourth-order valence-electron chi connectivity index (χ4n) is 2.55. The van der Waals surface area contributed by atoms with Gasteiger partial charge in [0.05, 0.1) is 27.0 Å². The van der Waals surface area contributed by atoms with Crippen molar-refractivity contribution in [3.05, 3.63) is 57.8 Å². The highest BCUT2D eigenvalue weighted by Crippen LogP contribution is 2.36. The van der Waals surface area contributed by atoms with Crippen LogP contribution in [0.3, 0.4) is 0 Å². The molecule has 3 aromatic rings. The topological polar surface area (TPSA) is 52.2 Å². The van der Waals surface area contributed by atoms with Crippen molar-refractivity contribution >= 4 is 68.7 Å². The Morgan fingerprint density at radius 2 is 2.03 bits per heavy atom. The number of likely N-dealkylation sites (N-methyl/N-ethyl adjacent to an activating group) is 2. The number of aromatic nitrogens is 1. The van der Waals surface area contributed by atoms with Crippen molar-refractivity contribution in [3.63, 3.8) is 0 Å². The molecule has 10 heteroatoms. The van der Waals surface area contributed by atoms with Crippen LogP contribution in [0, 0.1) is 5.82 Å². The van der Waals surface area contributed by atoms with Crippen LogP contribution in [-0.2, 0) is 0 Å². The maximum absolute atomic E-state index is 14.6. The average molecular weight is 472 g/mol. The number of thiazole rings is 1. The Morgan fingerprint density at radius 1 is 1.21 bits per heavy atom. The number of halogens is 3. The van der Waals surface area contributed by atoms with Crippen molar-refractivity contribution in [2.75, 3.05) is 42.1 Å². The molecule has 0 aliphatic rings. The first kappa shape index (κ1) is 22.0. The summed E-state index contributed by atoms with van der Waals surface area (Å²) in [6, 6.07) is 8.48. The molecule has 5 nitrogen and oxygen atoms in total. The summed E-state index contributed by atoms with van der Waals surface area (Å²) in [6.45, 7) is 1.60. The lowest BCUT2D eigenvalue weighted by Gasteiger charge is -2.23. The molecular weight excluding hydrogens is 452 g/mol. The predicted molar refractivity (Wildman–Crippen MR) is 125 cm³/mol. The summed E-state index contributed by atoms with van der Waals surface area (Å²) in [4.78, 5) is 6.56. The monoisotopic (exact) mass is 471 g/mol. The molecule has 2 aromatic carbocycles. The van der Waals surface area contributed by atoms with Crippen molar-refractivity contribution in [2.24, 2.45) is 0 Å². The molecule has 0 saturated heterocycles. The lowest BCUT2D eigenvalue weighted by Crippen LogP contribution is -2.27. The van der Waals surface area contributed by atoms with Crippen LogP contribution in [0.5, 0.6) is 0 Å². The van der Waals surface area contributed by atoms with E-state index in [2.05, 4.69) is 25.2 Å². The number of nitrogens with one attached hydrogen (secondary N) is 3. The van der Waals surface area contributed by atoms with E-state index in [1.165, 1.54) is 17.4 Å². The molecule has 0 atom stereocenters. The molecule has 29 heavy (non-hydrogen) atoms. The van der Waals surface area contributed by atoms with Gasteiger partial charge >= 0.3 is 0 Å². The summed E-state index contributed by atoms with van der Waals surface area (Å²) >= 11 is 15.2. The van der Waals surface area contributed by atoms with Gasteiger partial charge in [0.15, 0.2) is 5.13 Å². The molecule has 1 aromatic heterocycles. The largest absolute Gasteiger partial charge is 0.372 e. The van der Waals surface area contributed by atoms with Crippen LogP contribution in [0.25, 0.3) is 0 Å². The van der Waals surface area contributed by atoms with Gasteiger partial charge in [-0.1, -0.05) is 23.2 Å². The van der Waals surface area contributed by atoms with Crippen LogP contribution >= 0.6 is 46.5 Å². The second kappa shape index (κ2) is 10.4. The molecular formula is C19H20Cl2FN5S2. The lowest BCUT2D eigenvalue weighted by atomic mass is 10.2. The highest BCUT2D eigenvalue weighted by molar-refractivity contribution is 8.00. The number of hydrogen-bond acceptors (Lipinski definition) is 7. The summed E-state index contributed by atoms with van der Waals surface area (Å²) in [6.07, 6.45) is 1.68. The summed E-state index contributed by atoms with van der Waals surface area (Å²) in [5, 5.41) is 9.93. The van der Waals surface area contributed by atoms with E-state index < -0.39 is 0 Å². The fraction of sp³-hybridized carbons (Fsp3) is 0.211. The lowest BCUT2D eigenvalue weighted by molar-refractivity contribution is 0.603. The Balaban J connectivity index is 1.80. The van der Waals surface area contributed by atoms with E-state index >= 15 is 0 Å². The van der Waals surface area contributed by atoms with E-state index in [1.807, 2.05) is 31.6 Å². The molecule has 0 unspecified atom stereocenters. The number of anilines is 4. The molecule has 1 heterocycles. The van der Waals surface area contributed by atoms with E-state index in [-0.39, 0.29) is 5.82 Å². The van der Waals surface area contributed by atoms with Gasteiger partial charge in [0.25, 0.3) is 0 Å². The molecule has 0 aliphatic carbocycles. The Morgan fingerprint density at radius 3 is 2.76 bits per heavy atom. The van der Waals surface area contributed by atoms with Crippen molar-refractivity contribution < 1.29 is 4.39 Å². The zero-order chi connectivity index (χ0) is 20.8. The summed E-state index contributed by atoms with van der Waals surface area (Å²) in [5.41, 5.74) is 2.16. The van der Waals surface area contributed by atoms with Gasteiger partial charge in [0, 0.05) is 42.8 Å². The first-order valence-corrected chi connectivity index (χ1v) is 11.2. The van der Waals surface area contributed by atoms with E-state index in [9.17, 15) is 4.39 Å². The average Bonchev–Trinajstić information content (AvgIpc) is 3.22. The van der Waals surface area contributed by atoms with Crippen molar-refractivity contribution in [1.82, 2.24) is 10.3 Å². The zero-order valence-electron chi connectivity index (χ0n) is 15.8. The Hall–Kier alpha value is -1.71. The molecule has 0 saturated carbocycles. The van der Waals surface area contributed by atoms with E-state index in [0.29, 0.717) is 25.8 Å². The highest BCUT2D eigenvalue weighted by atomic mass is 35.5. The molecule has 0 amide bonds. The number of nitrogens with zero attached hydrogens (tertiary/aromatic N) is 2. The minimum atomic E-state index is -0.384. The molecule has 0 aliphatic heterocycles. The van der Waals surface area contributed by atoms with E-state index in [0.717, 1.165) is 36.4 Å². The maximum atomic E-state index is 14.6. The van der Waals surface area contributed by atoms with Crippen LogP contribution < -0.4 is 20.3 Å². The predicted octanol–water partition coefficient (Wildman–Crippen LogP) is 6.11. The van der Waals surface area contributed by atoms with Gasteiger partial charge in [-0.2, -0.15) is 0 Å². The molecule has 154 valence electrons. The number of hydrogen-bond donors (Lipinski definition) is 3. The standard InChI is InChI=1S/C19H20Cl2FN5S2/c1-23-5-7-27(2)17-9-12(20)3-4-15(17)25-16-11-14(22)18(10-13(16)21)29-26-19-24-6-8-28-19/h3-4,6,8-11,23,25H,5,7H2,1-2H3,(H,24,26). The van der Waals surface area contributed by atoms with Gasteiger partial charge < -0.3 is 20.3 Å². The van der Waals surface area contributed by atoms with Gasteiger partial charge in [-0.15, -0.1) is 11.3 Å². The SMILES string of the molecule is CNCCN(C)c1cc(Cl)ccc1Nc1cc(F)c(SNc2nccs2)cc1Cl. The van der Waals surface area contributed by atoms with Crippen molar-refractivity contribution in [2.45, 2.75) is 4.90 Å². The van der Waals surface area contributed by atoms with Gasteiger partial charge in [0.1, 0.15) is 5.82 Å². The van der Waals surface area contributed by atoms with Crippen LogP contribution in [0.4, 0.5) is 26.6 Å². The molecule has 0 spiro atoms. The molecule has 0 fully saturated rings. The molecule has 3 rings (SSSR count). The second-order valence-electron chi connectivity index (χ2n) is 6.12. The normalized spacial score (nSPS) is 10.8. The molecule has 0 radical (unpaired) electrons. The molecule has 3 N–H and O–H groups in total. The number of benzene rings is 2. The van der Waals surface area contributed by atoms with E-state index in [1.54, 1.807) is 18.3 Å². The second-order valence-corrected chi connectivity index (χ2v) is 8.70. The third-order valence-electron chi connectivity index (χ3n) is 4.04. The summed E-state index contributed by atoms with van der Waals surface area (Å²) < 4.78 is 17.6. The van der Waals surface area contributed by atoms with Crippen molar-refractivity contribution in [1.29, 1.82) is 0 Å². The summed E-state index contributed by atoms with van der Waals surface area (Å²) in [5.74, 6) is -0.384. The summed E-state index contributed by atoms with van der Waals surface area (Å²) in [7, 11) is 3.87. The van der Waals surface area contributed by atoms with Crippen LogP contribution in [0.2, 0.25) is 10.0 Å². The Labute approximate surface area is 187 Å². The first-order valence-electron chi connectivity index (χ1n) is 8.71. The van der Waals surface area contributed by atoms with Crippen LogP contribution in [-0.4, -0.2) is 32.2 Å². The minimum absolute atomic E-state index is 0.384. The third-order valence-corrected chi connectivity index (χ3v) is 6.23. The minimum Gasteiger partial charge on any atom is -0.372 e. The van der Waals surface area contributed by atoms with Gasteiger partial charge in [0.2, 0.25) is 0 Å². The maximum Gasteiger partial charge on any atom is 0.192 e. The Kier molecular flexibility index (Phi) is 7.85. The van der Waals surface area contributed by atoms with Crippen LogP contribution in [0.1, 0.15) is 0 Å².